The van der Waals surface area contributed by atoms with Crippen LogP contribution in [0.3, 0.4) is 0 Å². The van der Waals surface area contributed by atoms with Crippen LogP contribution in [0.25, 0.3) is 22.3 Å². The maximum absolute atomic E-state index is 13.5. The van der Waals surface area contributed by atoms with Crippen LogP contribution >= 0.6 is 0 Å². The number of ether oxygens (including phenoxy) is 2. The topological polar surface area (TPSA) is 201 Å². The number of amides is 2. The zero-order valence-corrected chi connectivity index (χ0v) is 43.0. The summed E-state index contributed by atoms with van der Waals surface area (Å²) in [4.78, 5) is 84.6. The van der Waals surface area contributed by atoms with Crippen LogP contribution in [-0.2, 0) is 28.7 Å². The molecule has 1 saturated heterocycles. The van der Waals surface area contributed by atoms with Crippen molar-refractivity contribution in [1.29, 1.82) is 0 Å². The number of pyridine rings is 4. The normalized spacial score (nSPS) is 15.2. The van der Waals surface area contributed by atoms with Gasteiger partial charge >= 0.3 is 11.9 Å². The van der Waals surface area contributed by atoms with Gasteiger partial charge in [-0.25, -0.2) is 0 Å². The first kappa shape index (κ1) is 56.8. The first-order chi connectivity index (χ1) is 35.7. The van der Waals surface area contributed by atoms with Gasteiger partial charge in [0, 0.05) is 73.7 Å². The van der Waals surface area contributed by atoms with Gasteiger partial charge in [-0.3, -0.25) is 38.7 Å². The zero-order chi connectivity index (χ0) is 52.7. The highest BCUT2D eigenvalue weighted by Gasteiger charge is 2.34. The van der Waals surface area contributed by atoms with E-state index in [2.05, 4.69) is 20.6 Å². The van der Waals surface area contributed by atoms with E-state index in [1.807, 2.05) is 76.2 Å². The number of hydrogen-bond acceptors (Lipinski definition) is 10. The third-order valence-corrected chi connectivity index (χ3v) is 13.8. The predicted molar refractivity (Wildman–Crippen MR) is 290 cm³/mol. The molecule has 3 N–H and O–H groups in total. The number of carboxylic acids is 1. The van der Waals surface area contributed by atoms with E-state index < -0.39 is 36.1 Å². The lowest BCUT2D eigenvalue weighted by atomic mass is 9.94. The number of benzene rings is 2. The second kappa shape index (κ2) is 27.1. The number of hydrogen-bond donors (Lipinski definition) is 3. The quantitative estimate of drug-likeness (QED) is 0.0692. The molecule has 9 rings (SSSR count). The molecule has 396 valence electrons. The Morgan fingerprint density at radius 1 is 0.627 bits per heavy atom. The summed E-state index contributed by atoms with van der Waals surface area (Å²) in [6, 6.07) is 22.9. The number of aromatic nitrogens is 4. The Hall–Kier alpha value is -7.52. The largest absolute Gasteiger partial charge is 0.481 e. The lowest BCUT2D eigenvalue weighted by molar-refractivity contribution is -0.141. The summed E-state index contributed by atoms with van der Waals surface area (Å²) in [5.74, 6) is -1.30. The van der Waals surface area contributed by atoms with Gasteiger partial charge in [0.2, 0.25) is 11.8 Å². The molecule has 2 aromatic carbocycles. The fourth-order valence-corrected chi connectivity index (χ4v) is 9.51. The average Bonchev–Trinajstić information content (AvgIpc) is 4.32. The first-order valence-corrected chi connectivity index (χ1v) is 25.5. The number of nitrogens with zero attached hydrogens (tertiary/aromatic N) is 4. The molecule has 4 aromatic heterocycles. The Balaban J connectivity index is 0.000000220. The molecular formula is C60H72N6O9. The minimum atomic E-state index is -1.03. The van der Waals surface area contributed by atoms with E-state index in [1.54, 1.807) is 61.4 Å². The van der Waals surface area contributed by atoms with Crippen molar-refractivity contribution < 1.29 is 33.8 Å². The van der Waals surface area contributed by atoms with Gasteiger partial charge in [-0.15, -0.1) is 0 Å². The third-order valence-electron chi connectivity index (χ3n) is 13.8. The van der Waals surface area contributed by atoms with Crippen LogP contribution in [0.2, 0.25) is 0 Å². The number of rotatable bonds is 18. The monoisotopic (exact) mass is 1020 g/mol. The third kappa shape index (κ3) is 16.0. The van der Waals surface area contributed by atoms with Gasteiger partial charge in [-0.1, -0.05) is 81.6 Å². The average molecular weight is 1020 g/mol. The highest BCUT2D eigenvalue weighted by atomic mass is 16.5. The molecule has 6 aromatic rings. The van der Waals surface area contributed by atoms with Gasteiger partial charge in [-0.2, -0.15) is 0 Å². The summed E-state index contributed by atoms with van der Waals surface area (Å²) in [7, 11) is 1.33. The van der Waals surface area contributed by atoms with E-state index in [9.17, 15) is 33.9 Å². The van der Waals surface area contributed by atoms with E-state index in [0.717, 1.165) is 83.4 Å². The molecular weight excluding hydrogens is 949 g/mol. The fraction of sp³-hybridized carbons (Fsp3) is 0.400. The van der Waals surface area contributed by atoms with Crippen molar-refractivity contribution in [3.8, 4) is 22.3 Å². The Morgan fingerprint density at radius 3 is 1.39 bits per heavy atom. The Bertz CT molecular complexity index is 2980. The maximum atomic E-state index is 13.5. The smallest absolute Gasteiger partial charge is 0.307 e. The molecule has 75 heavy (non-hydrogen) atoms. The van der Waals surface area contributed by atoms with Gasteiger partial charge in [0.1, 0.15) is 12.1 Å². The number of esters is 1. The maximum Gasteiger partial charge on any atom is 0.307 e. The summed E-state index contributed by atoms with van der Waals surface area (Å²) < 4.78 is 12.8. The molecule has 1 aliphatic heterocycles. The van der Waals surface area contributed by atoms with Crippen molar-refractivity contribution in [1.82, 2.24) is 29.7 Å². The number of aryl methyl sites for hydroxylation is 4. The molecule has 0 radical (unpaired) electrons. The highest BCUT2D eigenvalue weighted by molar-refractivity contribution is 5.83. The summed E-state index contributed by atoms with van der Waals surface area (Å²) >= 11 is 0. The predicted octanol–water partition coefficient (Wildman–Crippen LogP) is 9.92. The molecule has 5 heterocycles. The minimum absolute atomic E-state index is 0. The first-order valence-electron chi connectivity index (χ1n) is 25.5. The Labute approximate surface area is 439 Å². The van der Waals surface area contributed by atoms with Gasteiger partial charge in [-0.05, 0) is 134 Å². The van der Waals surface area contributed by atoms with Crippen molar-refractivity contribution in [2.24, 2.45) is 11.8 Å². The van der Waals surface area contributed by atoms with Crippen molar-refractivity contribution in [3.05, 3.63) is 176 Å². The van der Waals surface area contributed by atoms with E-state index in [4.69, 9.17) is 9.47 Å². The number of carbonyl (C=O) groups is 4. The number of carboxylic acid groups (broad SMARTS) is 1. The van der Waals surface area contributed by atoms with Gasteiger partial charge < -0.3 is 34.3 Å². The molecule has 2 saturated carbocycles. The Kier molecular flexibility index (Phi) is 20.5. The van der Waals surface area contributed by atoms with Gasteiger partial charge in [0.25, 0.3) is 11.1 Å². The molecule has 2 aliphatic carbocycles. The SMILES string of the molecule is C.C1CCOC1.COC(=O)CC(NC(=O)C(CC1CC1)n1ccccc1=O)c1cncc(-c2c(C)cccc2C)c1.Cc1cccc(C)c1-c1cncc(C(CC(=O)O)NC(=O)[C@H](CC2CC2)n2ccccc2=O)c1. The van der Waals surface area contributed by atoms with Crippen LogP contribution in [0, 0.1) is 39.5 Å². The summed E-state index contributed by atoms with van der Waals surface area (Å²) in [6.45, 7) is 10.1. The van der Waals surface area contributed by atoms with Crippen LogP contribution in [0.4, 0.5) is 0 Å². The summed E-state index contributed by atoms with van der Waals surface area (Å²) in [6.07, 6.45) is 17.6. The second-order valence-electron chi connectivity index (χ2n) is 19.6. The van der Waals surface area contributed by atoms with Crippen molar-refractivity contribution in [2.45, 2.75) is 123 Å². The van der Waals surface area contributed by atoms with E-state index >= 15 is 0 Å². The fourth-order valence-electron chi connectivity index (χ4n) is 9.51. The van der Waals surface area contributed by atoms with Gasteiger partial charge in [0.15, 0.2) is 0 Å². The van der Waals surface area contributed by atoms with Crippen LogP contribution in [0.15, 0.2) is 132 Å². The zero-order valence-electron chi connectivity index (χ0n) is 43.0. The van der Waals surface area contributed by atoms with Crippen LogP contribution in [0.5, 0.6) is 0 Å². The lowest BCUT2D eigenvalue weighted by Crippen LogP contribution is -2.39. The summed E-state index contributed by atoms with van der Waals surface area (Å²) in [5.41, 5.74) is 9.14. The molecule has 4 atom stereocenters. The lowest BCUT2D eigenvalue weighted by Gasteiger charge is -2.24. The highest BCUT2D eigenvalue weighted by Crippen LogP contribution is 2.38. The molecule has 0 spiro atoms. The van der Waals surface area contributed by atoms with Crippen LogP contribution in [0.1, 0.15) is 129 Å². The van der Waals surface area contributed by atoms with E-state index in [1.165, 1.54) is 41.2 Å². The van der Waals surface area contributed by atoms with E-state index in [-0.39, 0.29) is 43.2 Å². The molecule has 3 unspecified atom stereocenters. The number of carbonyl (C=O) groups excluding carboxylic acids is 3. The Morgan fingerprint density at radius 2 is 1.04 bits per heavy atom. The number of methoxy groups -OCH3 is 1. The van der Waals surface area contributed by atoms with E-state index in [0.29, 0.717) is 35.8 Å². The minimum Gasteiger partial charge on any atom is -0.481 e. The van der Waals surface area contributed by atoms with Crippen molar-refractivity contribution >= 4 is 23.8 Å². The van der Waals surface area contributed by atoms with Crippen LogP contribution < -0.4 is 21.8 Å². The standard InChI is InChI=1S/C28H31N3O4.C27H29N3O4.C4H8O.CH4/c1-18-7-6-8-19(2)27(18)22-14-21(16-29-17-22)23(15-26(33)35-3)30-28(34)24(13-20-10-11-20)31-12-5-4-9-25(31)32;1-17-6-5-7-18(2)26(17)21-13-20(15-28-16-21)22(14-25(32)33)29-27(34)23(12-19-9-10-19)30-11-4-3-8-24(30)31;1-2-4-5-3-1;/h4-9,12,14,16-17,20,23-24H,10-11,13,15H2,1-3H3,(H,30,34);3-8,11,13,15-16,19,22-23H,9-10,12,14H2,1-2H3,(H,29,34)(H,32,33);1-4H2;1H4/t;22?,23-;;/m.0../s1. The number of nitrogens with one attached hydrogen (secondary N) is 2. The second-order valence-corrected chi connectivity index (χ2v) is 19.6. The summed E-state index contributed by atoms with van der Waals surface area (Å²) in [5, 5.41) is 15.5. The molecule has 15 heteroatoms. The molecule has 0 bridgehead atoms. The number of aliphatic carboxylic acids is 1. The van der Waals surface area contributed by atoms with Crippen LogP contribution in [-0.4, -0.2) is 68.3 Å². The molecule has 2 amide bonds. The molecule has 15 nitrogen and oxygen atoms in total. The molecule has 3 aliphatic rings. The molecule has 3 fully saturated rings. The van der Waals surface area contributed by atoms with Gasteiger partial charge in [0.05, 0.1) is 32.0 Å². The van der Waals surface area contributed by atoms with Crippen molar-refractivity contribution in [3.63, 3.8) is 0 Å². The van der Waals surface area contributed by atoms with Crippen molar-refractivity contribution in [2.75, 3.05) is 20.3 Å².